The maximum atomic E-state index is 13.2. The minimum atomic E-state index is -0.624. The Morgan fingerprint density at radius 1 is 1.67 bits per heavy atom. The average molecular weight is 226 g/mol. The molecule has 0 saturated heterocycles. The number of amides is 1. The summed E-state index contributed by atoms with van der Waals surface area (Å²) in [6.45, 7) is 1.63. The molecule has 15 heavy (non-hydrogen) atoms. The van der Waals surface area contributed by atoms with Gasteiger partial charge < -0.3 is 5.32 Å². The number of terminal acetylenes is 1. The summed E-state index contributed by atoms with van der Waals surface area (Å²) in [5.74, 6) is 1.12. The molecular weight excluding hydrogens is 217 g/mol. The standard InChI is InChI=1S/C11H9ClFNO/c1-3-7(2)14-11(15)9-6-8(12)4-5-10(9)13/h1,4-7H,2H3,(H,14,15). The molecule has 0 radical (unpaired) electrons. The van der Waals surface area contributed by atoms with Crippen LogP contribution in [0.25, 0.3) is 0 Å². The first-order valence-electron chi connectivity index (χ1n) is 4.26. The van der Waals surface area contributed by atoms with E-state index in [4.69, 9.17) is 18.0 Å². The molecular formula is C11H9ClFNO. The van der Waals surface area contributed by atoms with Crippen LogP contribution in [0.2, 0.25) is 5.02 Å². The molecule has 0 aliphatic heterocycles. The van der Waals surface area contributed by atoms with Crippen molar-refractivity contribution in [3.05, 3.63) is 34.6 Å². The first-order chi connectivity index (χ1) is 7.04. The second-order valence-corrected chi connectivity index (χ2v) is 3.42. The highest BCUT2D eigenvalue weighted by Crippen LogP contribution is 2.14. The SMILES string of the molecule is C#CC(C)NC(=O)c1cc(Cl)ccc1F. The Morgan fingerprint density at radius 3 is 2.93 bits per heavy atom. The van der Waals surface area contributed by atoms with Crippen molar-refractivity contribution in [3.8, 4) is 12.3 Å². The van der Waals surface area contributed by atoms with E-state index < -0.39 is 17.8 Å². The Hall–Kier alpha value is -1.53. The van der Waals surface area contributed by atoms with Crippen LogP contribution in [0, 0.1) is 18.2 Å². The highest BCUT2D eigenvalue weighted by molar-refractivity contribution is 6.31. The molecule has 1 rings (SSSR count). The molecule has 2 nitrogen and oxygen atoms in total. The van der Waals surface area contributed by atoms with Crippen LogP contribution in [-0.2, 0) is 0 Å². The van der Waals surface area contributed by atoms with Crippen LogP contribution in [0.3, 0.4) is 0 Å². The van der Waals surface area contributed by atoms with Crippen molar-refractivity contribution in [3.63, 3.8) is 0 Å². The van der Waals surface area contributed by atoms with Gasteiger partial charge in [-0.15, -0.1) is 6.42 Å². The normalized spacial score (nSPS) is 11.6. The molecule has 1 aromatic rings. The Kier molecular flexibility index (Phi) is 3.70. The third kappa shape index (κ3) is 2.97. The van der Waals surface area contributed by atoms with Gasteiger partial charge in [-0.05, 0) is 25.1 Å². The minimum Gasteiger partial charge on any atom is -0.339 e. The van der Waals surface area contributed by atoms with Crippen LogP contribution in [0.5, 0.6) is 0 Å². The highest BCUT2D eigenvalue weighted by atomic mass is 35.5. The second-order valence-electron chi connectivity index (χ2n) is 2.99. The summed E-state index contributed by atoms with van der Waals surface area (Å²) in [7, 11) is 0. The molecule has 0 fully saturated rings. The van der Waals surface area contributed by atoms with Gasteiger partial charge in [0.15, 0.2) is 0 Å². The van der Waals surface area contributed by atoms with Gasteiger partial charge in [0.05, 0.1) is 11.6 Å². The summed E-state index contributed by atoms with van der Waals surface area (Å²) in [6, 6.07) is 3.32. The fourth-order valence-electron chi connectivity index (χ4n) is 0.988. The first kappa shape index (κ1) is 11.5. The smallest absolute Gasteiger partial charge is 0.255 e. The summed E-state index contributed by atoms with van der Waals surface area (Å²) in [5, 5.41) is 2.74. The van der Waals surface area contributed by atoms with E-state index in [1.54, 1.807) is 6.92 Å². The molecule has 0 aliphatic rings. The van der Waals surface area contributed by atoms with Gasteiger partial charge in [0.2, 0.25) is 0 Å². The molecule has 0 saturated carbocycles. The molecule has 78 valence electrons. The fourth-order valence-corrected chi connectivity index (χ4v) is 1.16. The molecule has 1 amide bonds. The van der Waals surface area contributed by atoms with Gasteiger partial charge in [-0.3, -0.25) is 4.79 Å². The number of nitrogens with one attached hydrogen (secondary N) is 1. The monoisotopic (exact) mass is 225 g/mol. The number of hydrogen-bond acceptors (Lipinski definition) is 1. The van der Waals surface area contributed by atoms with E-state index in [0.717, 1.165) is 6.07 Å². The maximum Gasteiger partial charge on any atom is 0.255 e. The Labute approximate surface area is 92.4 Å². The predicted molar refractivity (Wildman–Crippen MR) is 57.2 cm³/mol. The quantitative estimate of drug-likeness (QED) is 0.769. The Morgan fingerprint density at radius 2 is 2.33 bits per heavy atom. The van der Waals surface area contributed by atoms with Gasteiger partial charge in [-0.2, -0.15) is 0 Å². The highest BCUT2D eigenvalue weighted by Gasteiger charge is 2.13. The number of benzene rings is 1. The van der Waals surface area contributed by atoms with Gasteiger partial charge in [0.25, 0.3) is 5.91 Å². The zero-order chi connectivity index (χ0) is 11.4. The predicted octanol–water partition coefficient (Wildman–Crippen LogP) is 2.23. The molecule has 1 N–H and O–H groups in total. The van der Waals surface area contributed by atoms with Gasteiger partial charge in [-0.25, -0.2) is 4.39 Å². The molecule has 0 aromatic heterocycles. The van der Waals surface area contributed by atoms with Gasteiger partial charge >= 0.3 is 0 Å². The van der Waals surface area contributed by atoms with Crippen LogP contribution >= 0.6 is 11.6 Å². The molecule has 1 aromatic carbocycles. The van der Waals surface area contributed by atoms with E-state index in [1.807, 2.05) is 0 Å². The largest absolute Gasteiger partial charge is 0.339 e. The lowest BCUT2D eigenvalue weighted by atomic mass is 10.2. The van der Waals surface area contributed by atoms with E-state index in [-0.39, 0.29) is 5.56 Å². The van der Waals surface area contributed by atoms with Crippen molar-refractivity contribution < 1.29 is 9.18 Å². The van der Waals surface area contributed by atoms with Crippen molar-refractivity contribution in [2.75, 3.05) is 0 Å². The lowest BCUT2D eigenvalue weighted by molar-refractivity contribution is 0.0944. The maximum absolute atomic E-state index is 13.2. The van der Waals surface area contributed by atoms with E-state index in [9.17, 15) is 9.18 Å². The summed E-state index contributed by atoms with van der Waals surface area (Å²) >= 11 is 5.64. The minimum absolute atomic E-state index is 0.107. The Bertz CT molecular complexity index is 425. The van der Waals surface area contributed by atoms with E-state index in [2.05, 4.69) is 11.2 Å². The lowest BCUT2D eigenvalue weighted by Crippen LogP contribution is -2.31. The average Bonchev–Trinajstić information content (AvgIpc) is 2.21. The van der Waals surface area contributed by atoms with E-state index >= 15 is 0 Å². The molecule has 1 atom stereocenters. The van der Waals surface area contributed by atoms with Crippen LogP contribution in [-0.4, -0.2) is 11.9 Å². The number of hydrogen-bond donors (Lipinski definition) is 1. The third-order valence-electron chi connectivity index (χ3n) is 1.77. The van der Waals surface area contributed by atoms with Crippen molar-refractivity contribution >= 4 is 17.5 Å². The molecule has 0 heterocycles. The summed E-state index contributed by atoms with van der Waals surface area (Å²) < 4.78 is 13.2. The van der Waals surface area contributed by atoms with Crippen LogP contribution < -0.4 is 5.32 Å². The molecule has 1 unspecified atom stereocenters. The summed E-state index contributed by atoms with van der Waals surface area (Å²) in [4.78, 5) is 11.5. The van der Waals surface area contributed by atoms with Gasteiger partial charge in [0, 0.05) is 5.02 Å². The van der Waals surface area contributed by atoms with Crippen molar-refractivity contribution in [1.29, 1.82) is 0 Å². The molecule has 4 heteroatoms. The number of carbonyl (C=O) groups excluding carboxylic acids is 1. The zero-order valence-corrected chi connectivity index (χ0v) is 8.81. The summed E-state index contributed by atoms with van der Waals surface area (Å²) in [5.41, 5.74) is -0.107. The van der Waals surface area contributed by atoms with Gasteiger partial charge in [-0.1, -0.05) is 17.5 Å². The van der Waals surface area contributed by atoms with Crippen LogP contribution in [0.4, 0.5) is 4.39 Å². The van der Waals surface area contributed by atoms with Crippen molar-refractivity contribution in [2.45, 2.75) is 13.0 Å². The van der Waals surface area contributed by atoms with E-state index in [0.29, 0.717) is 5.02 Å². The van der Waals surface area contributed by atoms with Crippen LogP contribution in [0.15, 0.2) is 18.2 Å². The molecule has 0 aliphatic carbocycles. The Balaban J connectivity index is 2.92. The lowest BCUT2D eigenvalue weighted by Gasteiger charge is -2.08. The number of carbonyl (C=O) groups is 1. The van der Waals surface area contributed by atoms with E-state index in [1.165, 1.54) is 12.1 Å². The number of halogens is 2. The molecule has 0 bridgehead atoms. The van der Waals surface area contributed by atoms with Gasteiger partial charge in [0.1, 0.15) is 5.82 Å². The van der Waals surface area contributed by atoms with Crippen LogP contribution in [0.1, 0.15) is 17.3 Å². The molecule has 0 spiro atoms. The second kappa shape index (κ2) is 4.81. The first-order valence-corrected chi connectivity index (χ1v) is 4.64. The summed E-state index contributed by atoms with van der Waals surface area (Å²) in [6.07, 6.45) is 5.08. The fraction of sp³-hybridized carbons (Fsp3) is 0.182. The topological polar surface area (TPSA) is 29.1 Å². The van der Waals surface area contributed by atoms with Crippen molar-refractivity contribution in [1.82, 2.24) is 5.32 Å². The third-order valence-corrected chi connectivity index (χ3v) is 2.01. The number of rotatable bonds is 2. The zero-order valence-electron chi connectivity index (χ0n) is 8.05. The van der Waals surface area contributed by atoms with Crippen molar-refractivity contribution in [2.24, 2.45) is 0 Å².